The average molecular weight is 644 g/mol. The van der Waals surface area contributed by atoms with Crippen molar-refractivity contribution in [3.63, 3.8) is 0 Å². The maximum Gasteiger partial charge on any atom is 0.0651 e. The Morgan fingerprint density at radius 2 is 1.02 bits per heavy atom. The molecule has 0 radical (unpaired) electrons. The topological polar surface area (TPSA) is 3.24 Å². The molecule has 0 atom stereocenters. The van der Waals surface area contributed by atoms with Gasteiger partial charge < -0.3 is 4.90 Å². The number of hydrogen-bond acceptors (Lipinski definition) is 1. The number of nitrogens with zero attached hydrogens (tertiary/aromatic N) is 1. The van der Waals surface area contributed by atoms with Gasteiger partial charge in [-0.15, -0.1) is 0 Å². The fourth-order valence-corrected chi connectivity index (χ4v) is 7.55. The third-order valence-electron chi connectivity index (χ3n) is 10.2. The van der Waals surface area contributed by atoms with Crippen molar-refractivity contribution in [3.8, 4) is 44.5 Å². The van der Waals surface area contributed by atoms with Gasteiger partial charge in [0.1, 0.15) is 0 Å². The number of hydrogen-bond donors (Lipinski definition) is 0. The molecule has 0 heterocycles. The van der Waals surface area contributed by atoms with Crippen molar-refractivity contribution >= 4 is 27.8 Å². The first kappa shape index (κ1) is 25.8. The molecular weight excluding hydrogens is 603 g/mol. The molecule has 1 nitrogen and oxygen atoms in total. The second-order valence-electron chi connectivity index (χ2n) is 13.5. The predicted molar refractivity (Wildman–Crippen MR) is 213 cm³/mol. The quantitative estimate of drug-likeness (QED) is 0.174. The lowest BCUT2D eigenvalue weighted by Crippen LogP contribution is -2.16. The predicted octanol–water partition coefficient (Wildman–Crippen LogP) is 13.6. The van der Waals surface area contributed by atoms with Crippen molar-refractivity contribution in [2.24, 2.45) is 0 Å². The van der Waals surface area contributed by atoms with Crippen molar-refractivity contribution in [3.05, 3.63) is 199 Å². The molecule has 0 bridgehead atoms. The maximum atomic E-state index is 9.81. The van der Waals surface area contributed by atoms with E-state index in [-0.39, 0.29) is 35.3 Å². The molecule has 1 aliphatic rings. The van der Waals surface area contributed by atoms with Crippen LogP contribution in [0.5, 0.6) is 0 Å². The molecule has 0 spiro atoms. The highest BCUT2D eigenvalue weighted by atomic mass is 15.1. The summed E-state index contributed by atoms with van der Waals surface area (Å²) in [5.74, 6) is 0. The van der Waals surface area contributed by atoms with E-state index in [2.05, 4.69) is 105 Å². The van der Waals surface area contributed by atoms with Crippen LogP contribution in [0, 0.1) is 0 Å². The highest BCUT2D eigenvalue weighted by Crippen LogP contribution is 2.50. The van der Waals surface area contributed by atoms with Crippen molar-refractivity contribution in [2.45, 2.75) is 19.3 Å². The first-order chi connectivity index (χ1) is 26.2. The van der Waals surface area contributed by atoms with Crippen LogP contribution >= 0.6 is 0 Å². The monoisotopic (exact) mass is 643 g/mol. The summed E-state index contributed by atoms with van der Waals surface area (Å²) in [7, 11) is 0. The van der Waals surface area contributed by atoms with E-state index in [0.29, 0.717) is 11.1 Å². The Bertz CT molecular complexity index is 2710. The molecule has 0 saturated carbocycles. The van der Waals surface area contributed by atoms with Crippen LogP contribution in [-0.2, 0) is 5.41 Å². The van der Waals surface area contributed by atoms with Crippen molar-refractivity contribution in [1.29, 1.82) is 0 Å². The van der Waals surface area contributed by atoms with Gasteiger partial charge in [-0.3, -0.25) is 0 Å². The van der Waals surface area contributed by atoms with E-state index in [1.807, 2.05) is 77.7 Å². The van der Waals surface area contributed by atoms with Gasteiger partial charge in [0.15, 0.2) is 0 Å². The first-order valence-corrected chi connectivity index (χ1v) is 17.1. The second kappa shape index (κ2) is 12.1. The van der Waals surface area contributed by atoms with Crippen LogP contribution in [0.4, 0.5) is 17.1 Å². The van der Waals surface area contributed by atoms with Gasteiger partial charge in [-0.2, -0.15) is 0 Å². The first-order valence-electron chi connectivity index (χ1n) is 19.1. The number of fused-ring (bicyclic) bond motifs is 4. The summed E-state index contributed by atoms with van der Waals surface area (Å²) in [6, 6.07) is 55.4. The lowest BCUT2D eigenvalue weighted by Gasteiger charge is -2.28. The normalized spacial score (nSPS) is 13.9. The molecule has 8 aromatic rings. The van der Waals surface area contributed by atoms with E-state index in [4.69, 9.17) is 2.74 Å². The Hall–Kier alpha value is -6.18. The second-order valence-corrected chi connectivity index (χ2v) is 13.5. The van der Waals surface area contributed by atoms with Gasteiger partial charge in [0, 0.05) is 22.5 Å². The smallest absolute Gasteiger partial charge is 0.0651 e. The van der Waals surface area contributed by atoms with Gasteiger partial charge in [0.2, 0.25) is 0 Å². The fraction of sp³-hybridized carbons (Fsp3) is 0.0612. The van der Waals surface area contributed by atoms with Gasteiger partial charge in [0.05, 0.1) is 5.48 Å². The summed E-state index contributed by atoms with van der Waals surface area (Å²) >= 11 is 0. The molecule has 1 heteroatoms. The Morgan fingerprint density at radius 3 is 1.80 bits per heavy atom. The van der Waals surface area contributed by atoms with Crippen LogP contribution in [-0.4, -0.2) is 0 Å². The Balaban J connectivity index is 1.23. The summed E-state index contributed by atoms with van der Waals surface area (Å²) in [5.41, 5.74) is 11.9. The highest BCUT2D eigenvalue weighted by molar-refractivity contribution is 5.97. The summed E-state index contributed by atoms with van der Waals surface area (Å²) < 4.78 is 37.4. The van der Waals surface area contributed by atoms with Crippen molar-refractivity contribution in [1.82, 2.24) is 0 Å². The minimum Gasteiger partial charge on any atom is -0.310 e. The summed E-state index contributed by atoms with van der Waals surface area (Å²) in [6.45, 7) is 4.48. The van der Waals surface area contributed by atoms with Crippen LogP contribution < -0.4 is 4.90 Å². The number of anilines is 3. The van der Waals surface area contributed by atoms with Crippen molar-refractivity contribution < 1.29 is 5.48 Å². The van der Waals surface area contributed by atoms with E-state index in [0.717, 1.165) is 44.4 Å². The molecule has 0 saturated heterocycles. The molecule has 1 aliphatic carbocycles. The molecule has 0 aliphatic heterocycles. The van der Waals surface area contributed by atoms with E-state index >= 15 is 0 Å². The van der Waals surface area contributed by atoms with E-state index in [9.17, 15) is 2.74 Å². The fourth-order valence-electron chi connectivity index (χ4n) is 7.55. The van der Waals surface area contributed by atoms with Crippen LogP contribution in [0.25, 0.3) is 55.3 Å². The number of benzene rings is 8. The standard InChI is InChI=1S/C49H37N/c1-49(2)47-21-9-8-19-45(47)46-31-30-42(33-48(46)49)50(41-17-10-16-39(32-41)44-20-11-15-38-14-6-7-18-43(38)44)40-28-26-37(27-29-40)36-24-22-35(23-25-36)34-12-4-3-5-13-34/h3-33H,1-2H3/i10D,16D,17D,32D. The molecule has 0 fully saturated rings. The zero-order valence-electron chi connectivity index (χ0n) is 32.0. The van der Waals surface area contributed by atoms with Gasteiger partial charge in [0.25, 0.3) is 0 Å². The summed E-state index contributed by atoms with van der Waals surface area (Å²) in [5, 5.41) is 1.89. The Morgan fingerprint density at radius 1 is 0.440 bits per heavy atom. The lowest BCUT2D eigenvalue weighted by molar-refractivity contribution is 0.660. The van der Waals surface area contributed by atoms with Gasteiger partial charge >= 0.3 is 0 Å². The maximum absolute atomic E-state index is 9.81. The molecular formula is C49H37N. The minimum absolute atomic E-state index is 0.0426. The van der Waals surface area contributed by atoms with Crippen LogP contribution in [0.15, 0.2) is 188 Å². The van der Waals surface area contributed by atoms with Crippen LogP contribution in [0.2, 0.25) is 0 Å². The molecule has 0 unspecified atom stereocenters. The zero-order chi connectivity index (χ0) is 37.1. The van der Waals surface area contributed by atoms with Gasteiger partial charge in [-0.05, 0) is 103 Å². The SMILES string of the molecule is [2H]c1c([2H])c(-c2cccc3ccccc23)c([2H])c(N(c2ccc(-c3ccc(-c4ccccc4)cc3)cc2)c2ccc3c(c2)C(C)(C)c2ccccc2-3)c1[2H]. The van der Waals surface area contributed by atoms with E-state index < -0.39 is 0 Å². The summed E-state index contributed by atoms with van der Waals surface area (Å²) in [6.07, 6.45) is 0. The van der Waals surface area contributed by atoms with Gasteiger partial charge in [-0.25, -0.2) is 0 Å². The zero-order valence-corrected chi connectivity index (χ0v) is 28.0. The molecule has 0 N–H and O–H groups in total. The summed E-state index contributed by atoms with van der Waals surface area (Å²) in [4.78, 5) is 1.94. The molecule has 238 valence electrons. The third kappa shape index (κ3) is 5.11. The molecule has 0 amide bonds. The Kier molecular flexibility index (Phi) is 6.22. The van der Waals surface area contributed by atoms with Crippen LogP contribution in [0.1, 0.15) is 30.5 Å². The molecule has 0 aromatic heterocycles. The minimum atomic E-state index is -0.267. The highest BCUT2D eigenvalue weighted by Gasteiger charge is 2.35. The average Bonchev–Trinajstić information content (AvgIpc) is 3.44. The van der Waals surface area contributed by atoms with E-state index in [1.165, 1.54) is 22.3 Å². The molecule has 8 aromatic carbocycles. The third-order valence-corrected chi connectivity index (χ3v) is 10.2. The van der Waals surface area contributed by atoms with E-state index in [1.54, 1.807) is 0 Å². The van der Waals surface area contributed by atoms with Crippen LogP contribution in [0.3, 0.4) is 0 Å². The Labute approximate surface area is 300 Å². The largest absolute Gasteiger partial charge is 0.310 e. The lowest BCUT2D eigenvalue weighted by atomic mass is 9.82. The molecule has 9 rings (SSSR count). The van der Waals surface area contributed by atoms with Gasteiger partial charge in [-0.1, -0.05) is 165 Å². The number of rotatable bonds is 6. The van der Waals surface area contributed by atoms with Crippen molar-refractivity contribution in [2.75, 3.05) is 4.90 Å². The molecule has 50 heavy (non-hydrogen) atoms.